The van der Waals surface area contributed by atoms with E-state index in [4.69, 9.17) is 9.72 Å². The highest BCUT2D eigenvalue weighted by atomic mass is 32.1. The van der Waals surface area contributed by atoms with Gasteiger partial charge in [-0.05, 0) is 36.5 Å². The number of benzene rings is 1. The Balaban J connectivity index is 1.61. The minimum Gasteiger partial charge on any atom is -0.496 e. The highest BCUT2D eigenvalue weighted by Crippen LogP contribution is 2.49. The average molecular weight is 534 g/mol. The number of amides is 1. The molecule has 9 heteroatoms. The fraction of sp³-hybridized carbons (Fsp3) is 0.393. The highest BCUT2D eigenvalue weighted by Gasteiger charge is 2.47. The molecule has 37 heavy (non-hydrogen) atoms. The largest absolute Gasteiger partial charge is 0.496 e. The zero-order chi connectivity index (χ0) is 26.2. The fourth-order valence-corrected chi connectivity index (χ4v) is 6.79. The molecule has 1 aliphatic heterocycles. The van der Waals surface area contributed by atoms with E-state index >= 15 is 0 Å². The first kappa shape index (κ1) is 25.5. The lowest BCUT2D eigenvalue weighted by molar-refractivity contribution is 0.0658. The fourth-order valence-electron chi connectivity index (χ4n) is 5.16. The normalized spacial score (nSPS) is 19.8. The van der Waals surface area contributed by atoms with Crippen LogP contribution in [0.15, 0.2) is 54.6 Å². The minimum absolute atomic E-state index is 0.0242. The van der Waals surface area contributed by atoms with Gasteiger partial charge in [0.25, 0.3) is 5.91 Å². The highest BCUT2D eigenvalue weighted by molar-refractivity contribution is 7.11. The van der Waals surface area contributed by atoms with Gasteiger partial charge in [0.1, 0.15) is 10.8 Å². The van der Waals surface area contributed by atoms with E-state index in [1.165, 1.54) is 0 Å². The van der Waals surface area contributed by atoms with Crippen LogP contribution in [-0.4, -0.2) is 43.9 Å². The molecule has 0 spiro atoms. The standard InChI is InChI=1S/C28H31N5O2S2/c1-17-15-32-26(37-17)25-20(22-16-29-8-9-30-22)13-19(14-24-31-10-11-36-24)33(25)27(34)18-6-7-21(28(2,3)4)23(12-18)35-5/h6-12,15-16,19-20,25H,13-14H2,1-5H3/t19?,20-,25-/m1/s1. The molecule has 3 atom stereocenters. The maximum Gasteiger partial charge on any atom is 0.254 e. The molecule has 3 aromatic heterocycles. The molecular weight excluding hydrogens is 502 g/mol. The Hall–Kier alpha value is -3.17. The summed E-state index contributed by atoms with van der Waals surface area (Å²) in [5.74, 6) is 0.662. The Bertz CT molecular complexity index is 1360. The number of hydrogen-bond acceptors (Lipinski definition) is 8. The zero-order valence-corrected chi connectivity index (χ0v) is 23.3. The first-order chi connectivity index (χ1) is 17.8. The first-order valence-electron chi connectivity index (χ1n) is 12.3. The summed E-state index contributed by atoms with van der Waals surface area (Å²) in [6.07, 6.45) is 10.3. The molecule has 4 aromatic rings. The number of ether oxygens (including phenoxy) is 1. The van der Waals surface area contributed by atoms with Crippen molar-refractivity contribution in [3.8, 4) is 5.75 Å². The van der Waals surface area contributed by atoms with Crippen LogP contribution in [0.1, 0.15) is 75.7 Å². The van der Waals surface area contributed by atoms with Crippen LogP contribution in [0.3, 0.4) is 0 Å². The van der Waals surface area contributed by atoms with E-state index in [-0.39, 0.29) is 29.3 Å². The van der Waals surface area contributed by atoms with Crippen molar-refractivity contribution < 1.29 is 9.53 Å². The van der Waals surface area contributed by atoms with Gasteiger partial charge in [-0.15, -0.1) is 22.7 Å². The number of aryl methyl sites for hydroxylation is 1. The SMILES string of the molecule is COc1cc(C(=O)N2C(Cc3nccs3)C[C@H](c3cnccn3)[C@@H]2c2ncc(C)s2)ccc1C(C)(C)C. The smallest absolute Gasteiger partial charge is 0.254 e. The summed E-state index contributed by atoms with van der Waals surface area (Å²) in [6, 6.07) is 5.50. The Kier molecular flexibility index (Phi) is 7.09. The number of nitrogens with zero attached hydrogens (tertiary/aromatic N) is 5. The number of likely N-dealkylation sites (tertiary alicyclic amines) is 1. The molecular formula is C28H31N5O2S2. The zero-order valence-electron chi connectivity index (χ0n) is 21.7. The third-order valence-corrected chi connectivity index (χ3v) is 8.63. The van der Waals surface area contributed by atoms with Crippen LogP contribution in [0.4, 0.5) is 0 Å². The van der Waals surface area contributed by atoms with Gasteiger partial charge in [-0.25, -0.2) is 9.97 Å². The van der Waals surface area contributed by atoms with Gasteiger partial charge >= 0.3 is 0 Å². The molecule has 0 saturated carbocycles. The third kappa shape index (κ3) is 5.15. The van der Waals surface area contributed by atoms with Gasteiger partial charge < -0.3 is 9.64 Å². The van der Waals surface area contributed by atoms with Crippen LogP contribution in [0.5, 0.6) is 5.75 Å². The number of thiazole rings is 2. The van der Waals surface area contributed by atoms with E-state index in [0.717, 1.165) is 38.3 Å². The summed E-state index contributed by atoms with van der Waals surface area (Å²) in [6.45, 7) is 8.47. The van der Waals surface area contributed by atoms with Crippen LogP contribution >= 0.6 is 22.7 Å². The van der Waals surface area contributed by atoms with E-state index < -0.39 is 0 Å². The third-order valence-electron chi connectivity index (χ3n) is 6.84. The lowest BCUT2D eigenvalue weighted by Crippen LogP contribution is -2.39. The lowest BCUT2D eigenvalue weighted by Gasteiger charge is -2.31. The van der Waals surface area contributed by atoms with E-state index in [1.807, 2.05) is 54.0 Å². The number of rotatable bonds is 6. The van der Waals surface area contributed by atoms with Gasteiger partial charge in [0.05, 0.1) is 23.9 Å². The quantitative estimate of drug-likeness (QED) is 0.303. The predicted molar refractivity (Wildman–Crippen MR) is 146 cm³/mol. The molecule has 7 nitrogen and oxygen atoms in total. The second-order valence-corrected chi connectivity index (χ2v) is 12.6. The van der Waals surface area contributed by atoms with Crippen LogP contribution in [0.25, 0.3) is 0 Å². The van der Waals surface area contributed by atoms with Gasteiger partial charge in [0, 0.05) is 65.2 Å². The molecule has 0 bridgehead atoms. The summed E-state index contributed by atoms with van der Waals surface area (Å²) in [7, 11) is 1.66. The molecule has 1 amide bonds. The topological polar surface area (TPSA) is 81.1 Å². The Morgan fingerprint density at radius 1 is 1.14 bits per heavy atom. The van der Waals surface area contributed by atoms with Crippen LogP contribution in [0.2, 0.25) is 0 Å². The molecule has 0 radical (unpaired) electrons. The maximum absolute atomic E-state index is 14.4. The van der Waals surface area contributed by atoms with Crippen molar-refractivity contribution in [2.75, 3.05) is 7.11 Å². The van der Waals surface area contributed by atoms with Crippen molar-refractivity contribution in [1.82, 2.24) is 24.8 Å². The molecule has 5 rings (SSSR count). The van der Waals surface area contributed by atoms with Gasteiger partial charge in [0.15, 0.2) is 0 Å². The van der Waals surface area contributed by atoms with Crippen LogP contribution in [-0.2, 0) is 11.8 Å². The minimum atomic E-state index is -0.249. The Labute approximate surface area is 225 Å². The molecule has 1 aromatic carbocycles. The second kappa shape index (κ2) is 10.3. The summed E-state index contributed by atoms with van der Waals surface area (Å²) < 4.78 is 5.74. The predicted octanol–water partition coefficient (Wildman–Crippen LogP) is 5.99. The van der Waals surface area contributed by atoms with Crippen molar-refractivity contribution in [2.45, 2.75) is 64.0 Å². The summed E-state index contributed by atoms with van der Waals surface area (Å²) in [5.41, 5.74) is 2.44. The van der Waals surface area contributed by atoms with E-state index in [0.29, 0.717) is 12.0 Å². The van der Waals surface area contributed by atoms with Crippen molar-refractivity contribution in [3.05, 3.63) is 86.3 Å². The molecule has 4 heterocycles. The van der Waals surface area contributed by atoms with Gasteiger partial charge in [0.2, 0.25) is 0 Å². The van der Waals surface area contributed by atoms with Gasteiger partial charge in [-0.1, -0.05) is 26.8 Å². The van der Waals surface area contributed by atoms with E-state index in [9.17, 15) is 4.79 Å². The van der Waals surface area contributed by atoms with E-state index in [2.05, 4.69) is 35.7 Å². The van der Waals surface area contributed by atoms with Crippen molar-refractivity contribution >= 4 is 28.6 Å². The second-order valence-electron chi connectivity index (χ2n) is 10.4. The number of carbonyl (C=O) groups excluding carboxylic acids is 1. The molecule has 0 aliphatic carbocycles. The Morgan fingerprint density at radius 2 is 1.97 bits per heavy atom. The number of aromatic nitrogens is 4. The Morgan fingerprint density at radius 3 is 2.59 bits per heavy atom. The van der Waals surface area contributed by atoms with Crippen LogP contribution in [0, 0.1) is 6.92 Å². The number of methoxy groups -OCH3 is 1. The van der Waals surface area contributed by atoms with Crippen molar-refractivity contribution in [3.63, 3.8) is 0 Å². The number of carbonyl (C=O) groups is 1. The van der Waals surface area contributed by atoms with E-state index in [1.54, 1.807) is 42.2 Å². The molecule has 0 N–H and O–H groups in total. The van der Waals surface area contributed by atoms with Crippen LogP contribution < -0.4 is 4.74 Å². The monoisotopic (exact) mass is 533 g/mol. The average Bonchev–Trinajstić information content (AvgIpc) is 3.63. The summed E-state index contributed by atoms with van der Waals surface area (Å²) >= 11 is 3.25. The molecule has 1 unspecified atom stereocenters. The molecule has 1 saturated heterocycles. The van der Waals surface area contributed by atoms with Crippen molar-refractivity contribution in [2.24, 2.45) is 0 Å². The summed E-state index contributed by atoms with van der Waals surface area (Å²) in [5, 5.41) is 3.91. The summed E-state index contributed by atoms with van der Waals surface area (Å²) in [4.78, 5) is 35.8. The maximum atomic E-state index is 14.4. The van der Waals surface area contributed by atoms with Gasteiger partial charge in [-0.3, -0.25) is 14.8 Å². The number of hydrogen-bond donors (Lipinski definition) is 0. The molecule has 192 valence electrons. The lowest BCUT2D eigenvalue weighted by atomic mass is 9.85. The van der Waals surface area contributed by atoms with Crippen molar-refractivity contribution in [1.29, 1.82) is 0 Å². The first-order valence-corrected chi connectivity index (χ1v) is 14.0. The molecule has 1 fully saturated rings. The molecule has 1 aliphatic rings. The van der Waals surface area contributed by atoms with Gasteiger partial charge in [-0.2, -0.15) is 0 Å².